The fourth-order valence-electron chi connectivity index (χ4n) is 1.69. The van der Waals surface area contributed by atoms with Crippen molar-refractivity contribution in [3.05, 3.63) is 65.0 Å². The van der Waals surface area contributed by atoms with Crippen molar-refractivity contribution in [3.63, 3.8) is 0 Å². The lowest BCUT2D eigenvalue weighted by molar-refractivity contribution is 0.1000. The fraction of sp³-hybridized carbons (Fsp3) is 0.133. The summed E-state index contributed by atoms with van der Waals surface area (Å²) in [5, 5.41) is 0. The minimum atomic E-state index is -0.473. The van der Waals surface area contributed by atoms with Crippen molar-refractivity contribution >= 4 is 5.91 Å². The molecule has 0 fully saturated rings. The number of carbonyl (C=O) groups is 1. The highest BCUT2D eigenvalue weighted by Crippen LogP contribution is 2.17. The summed E-state index contributed by atoms with van der Waals surface area (Å²) >= 11 is 0. The predicted octanol–water partition coefficient (Wildman–Crippen LogP) is 2.81. The van der Waals surface area contributed by atoms with E-state index in [0.717, 1.165) is 5.56 Å². The Bertz CT molecular complexity index is 611. The zero-order valence-electron chi connectivity index (χ0n) is 10.5. The molecule has 0 spiro atoms. The molecule has 2 N–H and O–H groups in total. The van der Waals surface area contributed by atoms with E-state index >= 15 is 0 Å². The van der Waals surface area contributed by atoms with Gasteiger partial charge < -0.3 is 10.5 Å². The van der Waals surface area contributed by atoms with Crippen LogP contribution in [0.25, 0.3) is 0 Å². The van der Waals surface area contributed by atoms with Gasteiger partial charge in [-0.25, -0.2) is 4.39 Å². The zero-order chi connectivity index (χ0) is 13.8. The van der Waals surface area contributed by atoms with Gasteiger partial charge in [0.2, 0.25) is 5.91 Å². The number of aryl methyl sites for hydroxylation is 1. The summed E-state index contributed by atoms with van der Waals surface area (Å²) in [6.45, 7) is 1.97. The van der Waals surface area contributed by atoms with E-state index in [1.165, 1.54) is 6.07 Å². The number of rotatable bonds is 4. The number of primary amides is 1. The summed E-state index contributed by atoms with van der Waals surface area (Å²) < 4.78 is 18.6. The molecular weight excluding hydrogens is 245 g/mol. The summed E-state index contributed by atoms with van der Waals surface area (Å²) in [6.07, 6.45) is 0. The molecule has 4 heteroatoms. The van der Waals surface area contributed by atoms with Gasteiger partial charge in [-0.05, 0) is 48.4 Å². The second-order valence-electron chi connectivity index (χ2n) is 4.26. The zero-order valence-corrected chi connectivity index (χ0v) is 10.5. The van der Waals surface area contributed by atoms with Crippen molar-refractivity contribution in [2.75, 3.05) is 0 Å². The van der Waals surface area contributed by atoms with Gasteiger partial charge in [0.05, 0.1) is 0 Å². The molecule has 0 aromatic heterocycles. The number of carbonyl (C=O) groups excluding carboxylic acids is 1. The molecule has 19 heavy (non-hydrogen) atoms. The van der Waals surface area contributed by atoms with Crippen molar-refractivity contribution < 1.29 is 13.9 Å². The van der Waals surface area contributed by atoms with E-state index in [2.05, 4.69) is 0 Å². The van der Waals surface area contributed by atoms with Gasteiger partial charge in [0.25, 0.3) is 0 Å². The molecule has 0 atom stereocenters. The molecule has 0 heterocycles. The highest BCUT2D eigenvalue weighted by Gasteiger charge is 2.03. The second-order valence-corrected chi connectivity index (χ2v) is 4.26. The first kappa shape index (κ1) is 13.1. The molecule has 0 aliphatic heterocycles. The molecule has 0 saturated carbocycles. The molecule has 3 nitrogen and oxygen atoms in total. The molecule has 0 bridgehead atoms. The molecule has 0 aliphatic rings. The SMILES string of the molecule is Cc1cc(OCc2cccc(C(N)=O)c2)ccc1F. The number of amides is 1. The monoisotopic (exact) mass is 259 g/mol. The molecule has 0 unspecified atom stereocenters. The maximum absolute atomic E-state index is 13.1. The summed E-state index contributed by atoms with van der Waals surface area (Å²) in [5.74, 6) is -0.147. The van der Waals surface area contributed by atoms with E-state index in [4.69, 9.17) is 10.5 Å². The van der Waals surface area contributed by atoms with Crippen LogP contribution >= 0.6 is 0 Å². The van der Waals surface area contributed by atoms with Crippen LogP contribution in [0.2, 0.25) is 0 Å². The Labute approximate surface area is 110 Å². The molecule has 98 valence electrons. The first-order valence-electron chi connectivity index (χ1n) is 5.84. The Balaban J connectivity index is 2.07. The predicted molar refractivity (Wildman–Crippen MR) is 70.4 cm³/mol. The van der Waals surface area contributed by atoms with Gasteiger partial charge in [-0.15, -0.1) is 0 Å². The minimum absolute atomic E-state index is 0.261. The van der Waals surface area contributed by atoms with Crippen molar-refractivity contribution in [3.8, 4) is 5.75 Å². The minimum Gasteiger partial charge on any atom is -0.489 e. The highest BCUT2D eigenvalue weighted by molar-refractivity contribution is 5.92. The standard InChI is InChI=1S/C15H14FNO2/c1-10-7-13(5-6-14(10)16)19-9-11-3-2-4-12(8-11)15(17)18/h2-8H,9H2,1H3,(H2,17,18). The lowest BCUT2D eigenvalue weighted by atomic mass is 10.1. The van der Waals surface area contributed by atoms with E-state index in [9.17, 15) is 9.18 Å². The van der Waals surface area contributed by atoms with E-state index in [1.807, 2.05) is 6.07 Å². The van der Waals surface area contributed by atoms with Crippen LogP contribution in [0.15, 0.2) is 42.5 Å². The first-order valence-corrected chi connectivity index (χ1v) is 5.84. The van der Waals surface area contributed by atoms with Crippen LogP contribution in [0, 0.1) is 12.7 Å². The normalized spacial score (nSPS) is 10.2. The highest BCUT2D eigenvalue weighted by atomic mass is 19.1. The summed E-state index contributed by atoms with van der Waals surface area (Å²) in [6, 6.07) is 11.5. The third-order valence-electron chi connectivity index (χ3n) is 2.75. The summed E-state index contributed by atoms with van der Waals surface area (Å²) in [4.78, 5) is 11.0. The van der Waals surface area contributed by atoms with Gasteiger partial charge in [-0.3, -0.25) is 4.79 Å². The van der Waals surface area contributed by atoms with Crippen LogP contribution in [-0.4, -0.2) is 5.91 Å². The van der Waals surface area contributed by atoms with Gasteiger partial charge >= 0.3 is 0 Å². The Morgan fingerprint density at radius 1 is 1.26 bits per heavy atom. The average Bonchev–Trinajstić information content (AvgIpc) is 2.40. The van der Waals surface area contributed by atoms with E-state index in [-0.39, 0.29) is 5.82 Å². The van der Waals surface area contributed by atoms with Crippen molar-refractivity contribution in [1.29, 1.82) is 0 Å². The average molecular weight is 259 g/mol. The van der Waals surface area contributed by atoms with Crippen LogP contribution in [-0.2, 0) is 6.61 Å². The molecule has 2 aromatic rings. The van der Waals surface area contributed by atoms with Crippen LogP contribution in [0.1, 0.15) is 21.5 Å². The van der Waals surface area contributed by atoms with Gasteiger partial charge in [0.15, 0.2) is 0 Å². The molecule has 2 rings (SSSR count). The number of halogens is 1. The molecule has 1 amide bonds. The largest absolute Gasteiger partial charge is 0.489 e. The molecule has 0 aliphatic carbocycles. The second kappa shape index (κ2) is 5.52. The first-order chi connectivity index (χ1) is 9.06. The molecule has 0 radical (unpaired) electrons. The van der Waals surface area contributed by atoms with Gasteiger partial charge in [-0.1, -0.05) is 12.1 Å². The fourth-order valence-corrected chi connectivity index (χ4v) is 1.69. The molecular formula is C15H14FNO2. The Morgan fingerprint density at radius 3 is 2.74 bits per heavy atom. The Morgan fingerprint density at radius 2 is 2.05 bits per heavy atom. The van der Waals surface area contributed by atoms with Crippen molar-refractivity contribution in [2.24, 2.45) is 5.73 Å². The van der Waals surface area contributed by atoms with Gasteiger partial charge in [0.1, 0.15) is 18.2 Å². The summed E-state index contributed by atoms with van der Waals surface area (Å²) in [7, 11) is 0. The van der Waals surface area contributed by atoms with Crippen LogP contribution in [0.5, 0.6) is 5.75 Å². The molecule has 2 aromatic carbocycles. The van der Waals surface area contributed by atoms with Crippen molar-refractivity contribution in [1.82, 2.24) is 0 Å². The van der Waals surface area contributed by atoms with Crippen LogP contribution < -0.4 is 10.5 Å². The summed E-state index contributed by atoms with van der Waals surface area (Å²) in [5.41, 5.74) is 7.01. The number of benzene rings is 2. The lowest BCUT2D eigenvalue weighted by Gasteiger charge is -2.08. The maximum Gasteiger partial charge on any atom is 0.248 e. The van der Waals surface area contributed by atoms with Gasteiger partial charge in [0, 0.05) is 5.56 Å². The van der Waals surface area contributed by atoms with E-state index in [1.54, 1.807) is 37.3 Å². The molecule has 0 saturated heterocycles. The van der Waals surface area contributed by atoms with E-state index in [0.29, 0.717) is 23.5 Å². The smallest absolute Gasteiger partial charge is 0.248 e. The number of hydrogen-bond acceptors (Lipinski definition) is 2. The number of ether oxygens (including phenoxy) is 1. The van der Waals surface area contributed by atoms with Crippen LogP contribution in [0.3, 0.4) is 0 Å². The Kier molecular flexibility index (Phi) is 3.80. The lowest BCUT2D eigenvalue weighted by Crippen LogP contribution is -2.11. The van der Waals surface area contributed by atoms with E-state index < -0.39 is 5.91 Å². The third kappa shape index (κ3) is 3.31. The maximum atomic E-state index is 13.1. The van der Waals surface area contributed by atoms with Crippen molar-refractivity contribution in [2.45, 2.75) is 13.5 Å². The number of nitrogens with two attached hydrogens (primary N) is 1. The number of hydrogen-bond donors (Lipinski definition) is 1. The Hall–Kier alpha value is -2.36. The quantitative estimate of drug-likeness (QED) is 0.917. The van der Waals surface area contributed by atoms with Gasteiger partial charge in [-0.2, -0.15) is 0 Å². The topological polar surface area (TPSA) is 52.3 Å². The van der Waals surface area contributed by atoms with Crippen LogP contribution in [0.4, 0.5) is 4.39 Å². The third-order valence-corrected chi connectivity index (χ3v) is 2.75.